The monoisotopic (exact) mass is 260 g/mol. The summed E-state index contributed by atoms with van der Waals surface area (Å²) in [6.07, 6.45) is -2.69. The number of phenolic OH excluding ortho intramolecular Hbond substituents is 2. The standard InChI is InChI=1S/C11H14F2N2O3/c12-9(13)6-15(5-4-14)11(18)7-2-1-3-8(16)10(7)17/h1-3,9,16-17H,4-6,14H2. The molecule has 0 spiro atoms. The quantitative estimate of drug-likeness (QED) is 0.682. The summed E-state index contributed by atoms with van der Waals surface area (Å²) < 4.78 is 24.6. The van der Waals surface area contributed by atoms with Crippen LogP contribution in [-0.2, 0) is 0 Å². The number of hydrogen-bond acceptors (Lipinski definition) is 4. The van der Waals surface area contributed by atoms with Gasteiger partial charge >= 0.3 is 0 Å². The molecule has 0 unspecified atom stereocenters. The first kappa shape index (κ1) is 14.2. The summed E-state index contributed by atoms with van der Waals surface area (Å²) in [7, 11) is 0. The van der Waals surface area contributed by atoms with Gasteiger partial charge in [-0.2, -0.15) is 0 Å². The van der Waals surface area contributed by atoms with Crippen LogP contribution in [0.3, 0.4) is 0 Å². The molecular weight excluding hydrogens is 246 g/mol. The molecule has 0 fully saturated rings. The Morgan fingerprint density at radius 2 is 2.06 bits per heavy atom. The minimum Gasteiger partial charge on any atom is -0.504 e. The number of rotatable bonds is 5. The molecule has 1 aromatic carbocycles. The molecule has 0 aliphatic heterocycles. The van der Waals surface area contributed by atoms with Crippen LogP contribution in [0.2, 0.25) is 0 Å². The van der Waals surface area contributed by atoms with Gasteiger partial charge in [-0.1, -0.05) is 6.07 Å². The second-order valence-corrected chi connectivity index (χ2v) is 3.60. The molecule has 100 valence electrons. The zero-order valence-electron chi connectivity index (χ0n) is 9.51. The van der Waals surface area contributed by atoms with Gasteiger partial charge in [-0.15, -0.1) is 0 Å². The highest BCUT2D eigenvalue weighted by molar-refractivity contribution is 5.97. The van der Waals surface area contributed by atoms with E-state index in [1.807, 2.05) is 0 Å². The fourth-order valence-electron chi connectivity index (χ4n) is 1.47. The van der Waals surface area contributed by atoms with Crippen LogP contribution in [0.25, 0.3) is 0 Å². The molecule has 0 saturated heterocycles. The van der Waals surface area contributed by atoms with Crippen molar-refractivity contribution in [3.8, 4) is 11.5 Å². The van der Waals surface area contributed by atoms with Crippen molar-refractivity contribution in [2.45, 2.75) is 6.43 Å². The predicted molar refractivity (Wildman–Crippen MR) is 60.7 cm³/mol. The number of nitrogens with two attached hydrogens (primary N) is 1. The molecule has 0 aliphatic rings. The Hall–Kier alpha value is -1.89. The average molecular weight is 260 g/mol. The van der Waals surface area contributed by atoms with E-state index in [2.05, 4.69) is 0 Å². The van der Waals surface area contributed by atoms with Crippen molar-refractivity contribution in [1.29, 1.82) is 0 Å². The molecule has 0 heterocycles. The van der Waals surface area contributed by atoms with E-state index in [0.717, 1.165) is 4.90 Å². The number of aromatic hydroxyl groups is 2. The molecule has 0 atom stereocenters. The van der Waals surface area contributed by atoms with E-state index >= 15 is 0 Å². The van der Waals surface area contributed by atoms with E-state index < -0.39 is 30.4 Å². The molecule has 1 aromatic rings. The minimum absolute atomic E-state index is 0.0258. The third-order valence-electron chi connectivity index (χ3n) is 2.29. The Balaban J connectivity index is 2.98. The number of alkyl halides is 2. The van der Waals surface area contributed by atoms with Gasteiger partial charge in [-0.05, 0) is 12.1 Å². The Kier molecular flexibility index (Phi) is 4.85. The zero-order chi connectivity index (χ0) is 13.7. The lowest BCUT2D eigenvalue weighted by Crippen LogP contribution is -2.38. The molecule has 7 heteroatoms. The minimum atomic E-state index is -2.69. The van der Waals surface area contributed by atoms with Gasteiger partial charge < -0.3 is 20.8 Å². The van der Waals surface area contributed by atoms with E-state index in [9.17, 15) is 23.8 Å². The van der Waals surface area contributed by atoms with Crippen molar-refractivity contribution in [3.63, 3.8) is 0 Å². The lowest BCUT2D eigenvalue weighted by atomic mass is 10.1. The summed E-state index contributed by atoms with van der Waals surface area (Å²) in [4.78, 5) is 12.7. The molecule has 0 saturated carbocycles. The van der Waals surface area contributed by atoms with Crippen molar-refractivity contribution < 1.29 is 23.8 Å². The number of halogens is 2. The van der Waals surface area contributed by atoms with Gasteiger partial charge in [0.05, 0.1) is 12.1 Å². The van der Waals surface area contributed by atoms with Gasteiger partial charge in [0.2, 0.25) is 0 Å². The molecule has 1 amide bonds. The van der Waals surface area contributed by atoms with Crippen molar-refractivity contribution in [2.24, 2.45) is 5.73 Å². The maximum absolute atomic E-state index is 12.3. The van der Waals surface area contributed by atoms with E-state index in [0.29, 0.717) is 0 Å². The van der Waals surface area contributed by atoms with Gasteiger partial charge in [-0.25, -0.2) is 8.78 Å². The number of benzene rings is 1. The molecule has 0 radical (unpaired) electrons. The van der Waals surface area contributed by atoms with Gasteiger partial charge in [0.1, 0.15) is 0 Å². The average Bonchev–Trinajstić information content (AvgIpc) is 2.31. The number of carbonyl (C=O) groups is 1. The fourth-order valence-corrected chi connectivity index (χ4v) is 1.47. The number of amides is 1. The largest absolute Gasteiger partial charge is 0.504 e. The van der Waals surface area contributed by atoms with Gasteiger partial charge in [0.25, 0.3) is 12.3 Å². The molecule has 0 aliphatic carbocycles. The summed E-state index contributed by atoms with van der Waals surface area (Å²) >= 11 is 0. The maximum atomic E-state index is 12.3. The fraction of sp³-hybridized carbons (Fsp3) is 0.364. The first-order valence-electron chi connectivity index (χ1n) is 5.25. The smallest absolute Gasteiger partial charge is 0.257 e. The molecule has 0 bridgehead atoms. The summed E-state index contributed by atoms with van der Waals surface area (Å²) in [6.45, 7) is -0.804. The summed E-state index contributed by atoms with van der Waals surface area (Å²) in [5.74, 6) is -1.90. The first-order valence-corrected chi connectivity index (χ1v) is 5.25. The third kappa shape index (κ3) is 3.30. The number of hydrogen-bond donors (Lipinski definition) is 3. The SMILES string of the molecule is NCCN(CC(F)F)C(=O)c1cccc(O)c1O. The topological polar surface area (TPSA) is 86.8 Å². The lowest BCUT2D eigenvalue weighted by Gasteiger charge is -2.22. The highest BCUT2D eigenvalue weighted by Gasteiger charge is 2.22. The van der Waals surface area contributed by atoms with Crippen molar-refractivity contribution in [2.75, 3.05) is 19.6 Å². The molecule has 1 rings (SSSR count). The van der Waals surface area contributed by atoms with E-state index in [1.54, 1.807) is 0 Å². The molecule has 0 aromatic heterocycles. The molecule has 5 nitrogen and oxygen atoms in total. The van der Waals surface area contributed by atoms with Crippen molar-refractivity contribution in [3.05, 3.63) is 23.8 Å². The normalized spacial score (nSPS) is 10.7. The van der Waals surface area contributed by atoms with Gasteiger partial charge in [0, 0.05) is 13.1 Å². The summed E-state index contributed by atoms with van der Waals surface area (Å²) in [5.41, 5.74) is 5.01. The summed E-state index contributed by atoms with van der Waals surface area (Å²) in [5, 5.41) is 18.8. The van der Waals surface area contributed by atoms with E-state index in [1.165, 1.54) is 18.2 Å². The van der Waals surface area contributed by atoms with E-state index in [-0.39, 0.29) is 18.7 Å². The number of para-hydroxylation sites is 1. The van der Waals surface area contributed by atoms with Crippen LogP contribution in [0, 0.1) is 0 Å². The zero-order valence-corrected chi connectivity index (χ0v) is 9.51. The second kappa shape index (κ2) is 6.15. The van der Waals surface area contributed by atoms with Gasteiger partial charge in [-0.3, -0.25) is 4.79 Å². The number of nitrogens with zero attached hydrogens (tertiary/aromatic N) is 1. The third-order valence-corrected chi connectivity index (χ3v) is 2.29. The van der Waals surface area contributed by atoms with Crippen LogP contribution in [0.5, 0.6) is 11.5 Å². The van der Waals surface area contributed by atoms with Crippen molar-refractivity contribution >= 4 is 5.91 Å². The van der Waals surface area contributed by atoms with Crippen LogP contribution in [0.1, 0.15) is 10.4 Å². The van der Waals surface area contributed by atoms with Crippen LogP contribution >= 0.6 is 0 Å². The van der Waals surface area contributed by atoms with Crippen molar-refractivity contribution in [1.82, 2.24) is 4.90 Å². The van der Waals surface area contributed by atoms with Crippen LogP contribution in [-0.4, -0.2) is 47.1 Å². The Labute approximate surface area is 102 Å². The second-order valence-electron chi connectivity index (χ2n) is 3.60. The molecule has 18 heavy (non-hydrogen) atoms. The summed E-state index contributed by atoms with van der Waals surface area (Å²) in [6, 6.07) is 3.77. The lowest BCUT2D eigenvalue weighted by molar-refractivity contribution is 0.0560. The van der Waals surface area contributed by atoms with Crippen LogP contribution in [0.4, 0.5) is 8.78 Å². The Morgan fingerprint density at radius 1 is 1.39 bits per heavy atom. The predicted octanol–water partition coefficient (Wildman–Crippen LogP) is 0.764. The van der Waals surface area contributed by atoms with Crippen LogP contribution in [0.15, 0.2) is 18.2 Å². The van der Waals surface area contributed by atoms with E-state index in [4.69, 9.17) is 5.73 Å². The number of carbonyl (C=O) groups excluding carboxylic acids is 1. The Bertz CT molecular complexity index is 427. The molecule has 4 N–H and O–H groups in total. The van der Waals surface area contributed by atoms with Gasteiger partial charge in [0.15, 0.2) is 11.5 Å². The highest BCUT2D eigenvalue weighted by Crippen LogP contribution is 2.29. The maximum Gasteiger partial charge on any atom is 0.257 e. The highest BCUT2D eigenvalue weighted by atomic mass is 19.3. The number of phenols is 2. The first-order chi connectivity index (χ1) is 8.47. The van der Waals surface area contributed by atoms with Crippen LogP contribution < -0.4 is 5.73 Å². The Morgan fingerprint density at radius 3 is 2.61 bits per heavy atom. The molecular formula is C11H14F2N2O3.